The van der Waals surface area contributed by atoms with E-state index < -0.39 is 5.91 Å². The Kier molecular flexibility index (Phi) is 7.10. The van der Waals surface area contributed by atoms with Crippen LogP contribution in [0.15, 0.2) is 71.2 Å². The molecule has 0 aliphatic heterocycles. The number of nitrogen functional groups attached to an aromatic ring is 1. The minimum absolute atomic E-state index is 0.156. The van der Waals surface area contributed by atoms with Crippen LogP contribution in [0.4, 0.5) is 5.69 Å². The minimum atomic E-state index is -0.496. The molecule has 6 nitrogen and oxygen atoms in total. The summed E-state index contributed by atoms with van der Waals surface area (Å²) in [6, 6.07) is 17.3. The predicted octanol–water partition coefficient (Wildman–Crippen LogP) is 4.61. The van der Waals surface area contributed by atoms with E-state index in [0.29, 0.717) is 32.8 Å². The van der Waals surface area contributed by atoms with Crippen LogP contribution in [-0.2, 0) is 6.61 Å². The molecule has 7 heteroatoms. The Labute approximate surface area is 188 Å². The molecule has 0 radical (unpaired) electrons. The molecule has 0 aromatic heterocycles. The average molecular weight is 481 g/mol. The van der Waals surface area contributed by atoms with Gasteiger partial charge in [-0.2, -0.15) is 0 Å². The van der Waals surface area contributed by atoms with Crippen molar-refractivity contribution < 1.29 is 19.1 Å². The number of allylic oxidation sites excluding steroid dienone is 1. The van der Waals surface area contributed by atoms with Gasteiger partial charge >= 0.3 is 0 Å². The van der Waals surface area contributed by atoms with E-state index in [9.17, 15) is 9.59 Å². The third-order valence-electron chi connectivity index (χ3n) is 4.44. The number of ether oxygens (including phenoxy) is 2. The van der Waals surface area contributed by atoms with Gasteiger partial charge in [0.05, 0.1) is 11.6 Å². The monoisotopic (exact) mass is 480 g/mol. The first-order valence-electron chi connectivity index (χ1n) is 9.34. The molecule has 0 saturated heterocycles. The van der Waals surface area contributed by atoms with Crippen LogP contribution in [0.5, 0.6) is 11.5 Å². The fourth-order valence-electron chi connectivity index (χ4n) is 2.91. The van der Waals surface area contributed by atoms with Crippen LogP contribution in [-0.4, -0.2) is 18.8 Å². The molecule has 0 unspecified atom stereocenters. The van der Waals surface area contributed by atoms with Crippen LogP contribution >= 0.6 is 15.9 Å². The van der Waals surface area contributed by atoms with Crippen molar-refractivity contribution in [2.75, 3.05) is 12.8 Å². The number of benzene rings is 3. The third-order valence-corrected chi connectivity index (χ3v) is 5.03. The Bertz CT molecular complexity index is 1160. The largest absolute Gasteiger partial charge is 0.493 e. The van der Waals surface area contributed by atoms with Gasteiger partial charge in [-0.05, 0) is 69.5 Å². The molecule has 0 spiro atoms. The first-order valence-corrected chi connectivity index (χ1v) is 10.1. The summed E-state index contributed by atoms with van der Waals surface area (Å²) in [5.74, 6) is 0.351. The molecule has 0 bridgehead atoms. The molecule has 158 valence electrons. The van der Waals surface area contributed by atoms with E-state index in [2.05, 4.69) is 15.9 Å². The average Bonchev–Trinajstić information content (AvgIpc) is 2.76. The second-order valence-corrected chi connectivity index (χ2v) is 7.56. The Morgan fingerprint density at radius 2 is 1.77 bits per heavy atom. The summed E-state index contributed by atoms with van der Waals surface area (Å²) in [7, 11) is 1.54. The quantitative estimate of drug-likeness (QED) is 0.278. The van der Waals surface area contributed by atoms with Gasteiger partial charge < -0.3 is 20.9 Å². The number of amides is 1. The van der Waals surface area contributed by atoms with Crippen LogP contribution in [0.1, 0.15) is 31.8 Å². The first-order chi connectivity index (χ1) is 14.9. The summed E-state index contributed by atoms with van der Waals surface area (Å²) in [5, 5.41) is 0. The lowest BCUT2D eigenvalue weighted by Crippen LogP contribution is -2.11. The minimum Gasteiger partial charge on any atom is -0.493 e. The maximum absolute atomic E-state index is 12.4. The number of anilines is 1. The van der Waals surface area contributed by atoms with Crippen LogP contribution in [0, 0.1) is 0 Å². The second kappa shape index (κ2) is 9.95. The van der Waals surface area contributed by atoms with Crippen molar-refractivity contribution in [2.24, 2.45) is 5.73 Å². The van der Waals surface area contributed by atoms with Crippen LogP contribution in [0.2, 0.25) is 0 Å². The zero-order valence-electron chi connectivity index (χ0n) is 16.8. The molecule has 0 saturated carbocycles. The lowest BCUT2D eigenvalue weighted by atomic mass is 10.1. The number of hydrogen-bond donors (Lipinski definition) is 2. The highest BCUT2D eigenvalue weighted by molar-refractivity contribution is 9.10. The highest BCUT2D eigenvalue weighted by Crippen LogP contribution is 2.37. The van der Waals surface area contributed by atoms with Gasteiger partial charge in [-0.1, -0.05) is 30.3 Å². The fourth-order valence-corrected chi connectivity index (χ4v) is 3.48. The standard InChI is InChI=1S/C24H21BrN2O4/c1-30-22-12-15(8-9-21(28)17-5-3-7-19(26)13-17)11-20(25)23(22)31-14-16-4-2-6-18(10-16)24(27)29/h2-13H,14,26H2,1H3,(H2,27,29)/b9-8+. The maximum Gasteiger partial charge on any atom is 0.248 e. The molecule has 3 aromatic rings. The molecule has 3 aromatic carbocycles. The Morgan fingerprint density at radius 1 is 1.03 bits per heavy atom. The van der Waals surface area contributed by atoms with Crippen molar-refractivity contribution >= 4 is 39.4 Å². The van der Waals surface area contributed by atoms with Crippen molar-refractivity contribution in [2.45, 2.75) is 6.61 Å². The number of carbonyl (C=O) groups excluding carboxylic acids is 2. The van der Waals surface area contributed by atoms with Crippen LogP contribution in [0.25, 0.3) is 6.08 Å². The number of rotatable bonds is 8. The summed E-state index contributed by atoms with van der Waals surface area (Å²) >= 11 is 3.50. The number of primary amides is 1. The van der Waals surface area contributed by atoms with Crippen LogP contribution < -0.4 is 20.9 Å². The summed E-state index contributed by atoms with van der Waals surface area (Å²) < 4.78 is 12.0. The van der Waals surface area contributed by atoms with Crippen molar-refractivity contribution in [3.05, 3.63) is 93.5 Å². The van der Waals surface area contributed by atoms with E-state index in [1.807, 2.05) is 12.1 Å². The van der Waals surface area contributed by atoms with Gasteiger partial charge in [-0.3, -0.25) is 9.59 Å². The molecule has 0 atom stereocenters. The van der Waals surface area contributed by atoms with E-state index in [0.717, 1.165) is 11.1 Å². The van der Waals surface area contributed by atoms with Crippen molar-refractivity contribution in [1.82, 2.24) is 0 Å². The number of ketones is 1. The lowest BCUT2D eigenvalue weighted by molar-refractivity contribution is 0.0998. The molecule has 0 aliphatic carbocycles. The fraction of sp³-hybridized carbons (Fsp3) is 0.0833. The SMILES string of the molecule is COc1cc(/C=C/C(=O)c2cccc(N)c2)cc(Br)c1OCc1cccc(C(N)=O)c1. The third kappa shape index (κ3) is 5.73. The number of nitrogens with two attached hydrogens (primary N) is 2. The number of halogens is 1. The Balaban J connectivity index is 1.77. The van der Waals surface area contributed by atoms with Gasteiger partial charge in [0.25, 0.3) is 0 Å². The van der Waals surface area contributed by atoms with Gasteiger partial charge in [-0.15, -0.1) is 0 Å². The molecular weight excluding hydrogens is 460 g/mol. The predicted molar refractivity (Wildman–Crippen MR) is 124 cm³/mol. The molecule has 0 aliphatic rings. The number of carbonyl (C=O) groups is 2. The smallest absolute Gasteiger partial charge is 0.248 e. The molecule has 4 N–H and O–H groups in total. The van der Waals surface area contributed by atoms with Gasteiger partial charge in [0.15, 0.2) is 17.3 Å². The van der Waals surface area contributed by atoms with Gasteiger partial charge in [-0.25, -0.2) is 0 Å². The van der Waals surface area contributed by atoms with Crippen LogP contribution in [0.3, 0.4) is 0 Å². The van der Waals surface area contributed by atoms with Crippen molar-refractivity contribution in [3.63, 3.8) is 0 Å². The highest BCUT2D eigenvalue weighted by atomic mass is 79.9. The molecular formula is C24H21BrN2O4. The topological polar surface area (TPSA) is 105 Å². The maximum atomic E-state index is 12.4. The van der Waals surface area contributed by atoms with E-state index in [4.69, 9.17) is 20.9 Å². The van der Waals surface area contributed by atoms with E-state index in [1.54, 1.807) is 54.6 Å². The highest BCUT2D eigenvalue weighted by Gasteiger charge is 2.12. The first kappa shape index (κ1) is 22.1. The van der Waals surface area contributed by atoms with Crippen molar-refractivity contribution in [3.8, 4) is 11.5 Å². The zero-order chi connectivity index (χ0) is 22.4. The van der Waals surface area contributed by atoms with Gasteiger partial charge in [0.1, 0.15) is 6.61 Å². The van der Waals surface area contributed by atoms with E-state index in [-0.39, 0.29) is 12.4 Å². The summed E-state index contributed by atoms with van der Waals surface area (Å²) in [4.78, 5) is 23.7. The molecule has 0 fully saturated rings. The lowest BCUT2D eigenvalue weighted by Gasteiger charge is -2.14. The van der Waals surface area contributed by atoms with Crippen molar-refractivity contribution in [1.29, 1.82) is 0 Å². The Hall–Kier alpha value is -3.58. The van der Waals surface area contributed by atoms with Gasteiger partial charge in [0, 0.05) is 16.8 Å². The second-order valence-electron chi connectivity index (χ2n) is 6.71. The summed E-state index contributed by atoms with van der Waals surface area (Å²) in [6.07, 6.45) is 3.17. The van der Waals surface area contributed by atoms with E-state index >= 15 is 0 Å². The van der Waals surface area contributed by atoms with Gasteiger partial charge in [0.2, 0.25) is 5.91 Å². The number of methoxy groups -OCH3 is 1. The molecule has 3 rings (SSSR count). The zero-order valence-corrected chi connectivity index (χ0v) is 18.4. The number of hydrogen-bond acceptors (Lipinski definition) is 5. The molecule has 0 heterocycles. The molecule has 1 amide bonds. The summed E-state index contributed by atoms with van der Waals surface area (Å²) in [6.45, 7) is 0.221. The summed E-state index contributed by atoms with van der Waals surface area (Å²) in [5.41, 5.74) is 14.1. The molecule has 31 heavy (non-hydrogen) atoms. The van der Waals surface area contributed by atoms with E-state index in [1.165, 1.54) is 13.2 Å². The normalized spacial score (nSPS) is 10.8. The Morgan fingerprint density at radius 3 is 2.48 bits per heavy atom.